The van der Waals surface area contributed by atoms with Gasteiger partial charge in [0, 0.05) is 31.9 Å². The molecule has 1 spiro atoms. The second-order valence-electron chi connectivity index (χ2n) is 7.48. The van der Waals surface area contributed by atoms with Gasteiger partial charge in [-0.2, -0.15) is 5.26 Å². The van der Waals surface area contributed by atoms with Crippen LogP contribution in [0.5, 0.6) is 0 Å². The number of anilines is 1. The third-order valence-electron chi connectivity index (χ3n) is 5.65. The smallest absolute Gasteiger partial charge is 0.251 e. The molecule has 4 rings (SSSR count). The maximum Gasteiger partial charge on any atom is 0.251 e. The summed E-state index contributed by atoms with van der Waals surface area (Å²) >= 11 is 0. The fourth-order valence-electron chi connectivity index (χ4n) is 4.35. The van der Waals surface area contributed by atoms with Gasteiger partial charge in [-0.3, -0.25) is 4.79 Å². The van der Waals surface area contributed by atoms with E-state index in [2.05, 4.69) is 11.0 Å². The Morgan fingerprint density at radius 2 is 2.15 bits per heavy atom. The molecule has 3 saturated heterocycles. The van der Waals surface area contributed by atoms with E-state index in [9.17, 15) is 4.79 Å². The fourth-order valence-corrected chi connectivity index (χ4v) is 4.35. The van der Waals surface area contributed by atoms with Gasteiger partial charge < -0.3 is 19.3 Å². The zero-order valence-electron chi connectivity index (χ0n) is 15.0. The lowest BCUT2D eigenvalue weighted by Gasteiger charge is -2.49. The van der Waals surface area contributed by atoms with Gasteiger partial charge in [-0.15, -0.1) is 0 Å². The molecule has 3 heterocycles. The standard InChI is InChI=1S/C20H25N3O3/c21-13-16-4-1-5-17(12-16)22-8-3-7-20(14-22)15-23(9-11-26-20)19(24)18-6-2-10-25-18/h1,4-5,12,18H,2-3,6-11,14-15H2/t18-,20?/m0/s1. The van der Waals surface area contributed by atoms with E-state index in [1.807, 2.05) is 29.2 Å². The SMILES string of the molecule is N#Cc1cccc(N2CCCC3(CN(C(=O)[C@@H]4CCCO4)CCO3)C2)c1. The van der Waals surface area contributed by atoms with Gasteiger partial charge in [-0.05, 0) is 43.9 Å². The van der Waals surface area contributed by atoms with Crippen LogP contribution in [0.1, 0.15) is 31.2 Å². The van der Waals surface area contributed by atoms with Crippen LogP contribution < -0.4 is 4.90 Å². The van der Waals surface area contributed by atoms with E-state index in [0.717, 1.165) is 44.5 Å². The monoisotopic (exact) mass is 355 g/mol. The van der Waals surface area contributed by atoms with Crippen LogP contribution in [0.15, 0.2) is 24.3 Å². The van der Waals surface area contributed by atoms with Crippen molar-refractivity contribution in [1.29, 1.82) is 5.26 Å². The molecule has 6 heteroatoms. The number of hydrogen-bond acceptors (Lipinski definition) is 5. The van der Waals surface area contributed by atoms with Crippen molar-refractivity contribution in [2.45, 2.75) is 37.4 Å². The molecular weight excluding hydrogens is 330 g/mol. The molecular formula is C20H25N3O3. The van der Waals surface area contributed by atoms with Crippen molar-refractivity contribution < 1.29 is 14.3 Å². The quantitative estimate of drug-likeness (QED) is 0.811. The molecule has 0 aliphatic carbocycles. The Bertz CT molecular complexity index is 706. The topological polar surface area (TPSA) is 65.8 Å². The first-order valence-corrected chi connectivity index (χ1v) is 9.49. The highest BCUT2D eigenvalue weighted by molar-refractivity contribution is 5.81. The van der Waals surface area contributed by atoms with Crippen LogP contribution in [0, 0.1) is 11.3 Å². The number of morpholine rings is 1. The summed E-state index contributed by atoms with van der Waals surface area (Å²) < 4.78 is 11.8. The second-order valence-corrected chi connectivity index (χ2v) is 7.48. The van der Waals surface area contributed by atoms with E-state index in [0.29, 0.717) is 31.9 Å². The average molecular weight is 355 g/mol. The lowest BCUT2D eigenvalue weighted by molar-refractivity contribution is -0.160. The first kappa shape index (κ1) is 17.3. The van der Waals surface area contributed by atoms with Crippen molar-refractivity contribution in [1.82, 2.24) is 4.90 Å². The summed E-state index contributed by atoms with van der Waals surface area (Å²) in [6, 6.07) is 9.92. The molecule has 0 N–H and O–H groups in total. The van der Waals surface area contributed by atoms with Gasteiger partial charge in [0.2, 0.25) is 0 Å². The summed E-state index contributed by atoms with van der Waals surface area (Å²) in [4.78, 5) is 17.0. The highest BCUT2D eigenvalue weighted by atomic mass is 16.5. The Labute approximate surface area is 154 Å². The lowest BCUT2D eigenvalue weighted by Crippen LogP contribution is -2.61. The number of rotatable bonds is 2. The van der Waals surface area contributed by atoms with Gasteiger partial charge in [0.1, 0.15) is 11.7 Å². The number of nitriles is 1. The number of carbonyl (C=O) groups excluding carboxylic acids is 1. The highest BCUT2D eigenvalue weighted by Gasteiger charge is 2.43. The predicted molar refractivity (Wildman–Crippen MR) is 96.8 cm³/mol. The molecule has 0 aromatic heterocycles. The predicted octanol–water partition coefficient (Wildman–Crippen LogP) is 1.94. The molecule has 138 valence electrons. The molecule has 0 saturated carbocycles. The van der Waals surface area contributed by atoms with Crippen molar-refractivity contribution >= 4 is 11.6 Å². The summed E-state index contributed by atoms with van der Waals surface area (Å²) in [5.41, 5.74) is 1.39. The summed E-state index contributed by atoms with van der Waals surface area (Å²) in [5.74, 6) is 0.119. The maximum absolute atomic E-state index is 12.8. The lowest BCUT2D eigenvalue weighted by atomic mass is 9.90. The van der Waals surface area contributed by atoms with Crippen LogP contribution in [0.2, 0.25) is 0 Å². The number of hydrogen-bond donors (Lipinski definition) is 0. The van der Waals surface area contributed by atoms with Gasteiger partial charge >= 0.3 is 0 Å². The van der Waals surface area contributed by atoms with Crippen molar-refractivity contribution in [3.8, 4) is 6.07 Å². The average Bonchev–Trinajstić information content (AvgIpc) is 3.22. The molecule has 2 atom stereocenters. The Kier molecular flexibility index (Phi) is 4.84. The molecule has 1 aromatic carbocycles. The van der Waals surface area contributed by atoms with Crippen LogP contribution in [-0.2, 0) is 14.3 Å². The largest absolute Gasteiger partial charge is 0.369 e. The molecule has 1 unspecified atom stereocenters. The minimum atomic E-state index is -0.326. The first-order chi connectivity index (χ1) is 12.7. The number of nitrogens with zero attached hydrogens (tertiary/aromatic N) is 3. The summed E-state index contributed by atoms with van der Waals surface area (Å²) in [6.07, 6.45) is 3.50. The molecule has 1 aromatic rings. The molecule has 3 aliphatic heterocycles. The van der Waals surface area contributed by atoms with Crippen molar-refractivity contribution in [3.63, 3.8) is 0 Å². The molecule has 26 heavy (non-hydrogen) atoms. The molecule has 3 fully saturated rings. The molecule has 3 aliphatic rings. The number of amides is 1. The second kappa shape index (κ2) is 7.26. The first-order valence-electron chi connectivity index (χ1n) is 9.49. The highest BCUT2D eigenvalue weighted by Crippen LogP contribution is 2.32. The van der Waals surface area contributed by atoms with Gasteiger partial charge in [-0.1, -0.05) is 6.07 Å². The number of piperidine rings is 1. The third-order valence-corrected chi connectivity index (χ3v) is 5.65. The Morgan fingerprint density at radius 1 is 1.23 bits per heavy atom. The van der Waals surface area contributed by atoms with Gasteiger partial charge in [0.25, 0.3) is 5.91 Å². The van der Waals surface area contributed by atoms with Crippen molar-refractivity contribution in [3.05, 3.63) is 29.8 Å². The van der Waals surface area contributed by atoms with E-state index < -0.39 is 0 Å². The van der Waals surface area contributed by atoms with E-state index in [1.54, 1.807) is 0 Å². The van der Waals surface area contributed by atoms with Crippen LogP contribution in [-0.4, -0.2) is 61.9 Å². The Hall–Kier alpha value is -2.10. The molecule has 0 bridgehead atoms. The van der Waals surface area contributed by atoms with E-state index in [1.165, 1.54) is 0 Å². The molecule has 0 radical (unpaired) electrons. The van der Waals surface area contributed by atoms with E-state index in [-0.39, 0.29) is 17.6 Å². The summed E-state index contributed by atoms with van der Waals surface area (Å²) in [6.45, 7) is 4.22. The van der Waals surface area contributed by atoms with Gasteiger partial charge in [0.15, 0.2) is 0 Å². The summed E-state index contributed by atoms with van der Waals surface area (Å²) in [7, 11) is 0. The minimum absolute atomic E-state index is 0.119. The zero-order chi connectivity index (χ0) is 18.0. The molecule has 1 amide bonds. The minimum Gasteiger partial charge on any atom is -0.369 e. The van der Waals surface area contributed by atoms with Gasteiger partial charge in [0.05, 0.1) is 24.8 Å². The Balaban J connectivity index is 1.48. The van der Waals surface area contributed by atoms with Crippen molar-refractivity contribution in [2.75, 3.05) is 44.3 Å². The fraction of sp³-hybridized carbons (Fsp3) is 0.600. The number of carbonyl (C=O) groups is 1. The summed E-state index contributed by atoms with van der Waals surface area (Å²) in [5, 5.41) is 9.15. The van der Waals surface area contributed by atoms with Crippen LogP contribution in [0.3, 0.4) is 0 Å². The normalized spacial score (nSPS) is 29.0. The Morgan fingerprint density at radius 3 is 2.96 bits per heavy atom. The van der Waals surface area contributed by atoms with Crippen LogP contribution in [0.25, 0.3) is 0 Å². The van der Waals surface area contributed by atoms with Crippen LogP contribution >= 0.6 is 0 Å². The third kappa shape index (κ3) is 3.42. The van der Waals surface area contributed by atoms with Gasteiger partial charge in [-0.25, -0.2) is 0 Å². The molecule has 6 nitrogen and oxygen atoms in total. The number of benzene rings is 1. The maximum atomic E-state index is 12.8. The zero-order valence-corrected chi connectivity index (χ0v) is 15.0. The number of ether oxygens (including phenoxy) is 2. The van der Waals surface area contributed by atoms with E-state index >= 15 is 0 Å². The van der Waals surface area contributed by atoms with E-state index in [4.69, 9.17) is 14.7 Å². The van der Waals surface area contributed by atoms with Crippen LogP contribution in [0.4, 0.5) is 5.69 Å². The van der Waals surface area contributed by atoms with Crippen molar-refractivity contribution in [2.24, 2.45) is 0 Å².